The van der Waals surface area contributed by atoms with Crippen molar-refractivity contribution in [2.45, 2.75) is 50.6 Å². The van der Waals surface area contributed by atoms with Gasteiger partial charge < -0.3 is 11.1 Å². The van der Waals surface area contributed by atoms with Crippen molar-refractivity contribution in [3.63, 3.8) is 0 Å². The molecule has 0 aromatic heterocycles. The maximum Gasteiger partial charge on any atom is 0.223 e. The van der Waals surface area contributed by atoms with Gasteiger partial charge in [0.05, 0.1) is 0 Å². The summed E-state index contributed by atoms with van der Waals surface area (Å²) < 4.78 is 0. The van der Waals surface area contributed by atoms with Gasteiger partial charge >= 0.3 is 0 Å². The minimum Gasteiger partial charge on any atom is -0.353 e. The van der Waals surface area contributed by atoms with Crippen LogP contribution in [-0.2, 0) is 4.79 Å². The summed E-state index contributed by atoms with van der Waals surface area (Å²) >= 11 is 1.99. The Hall–Kier alpha value is 0.0700. The third-order valence-electron chi connectivity index (χ3n) is 3.65. The molecule has 1 aliphatic heterocycles. The summed E-state index contributed by atoms with van der Waals surface area (Å²) in [6.45, 7) is 0. The van der Waals surface area contributed by atoms with E-state index in [0.29, 0.717) is 6.04 Å². The first-order valence-corrected chi connectivity index (χ1v) is 7.55. The van der Waals surface area contributed by atoms with Crippen LogP contribution in [0.3, 0.4) is 0 Å². The number of amides is 1. The van der Waals surface area contributed by atoms with Gasteiger partial charge in [-0.25, -0.2) is 0 Å². The zero-order valence-electron chi connectivity index (χ0n) is 10.2. The molecule has 0 aromatic rings. The summed E-state index contributed by atoms with van der Waals surface area (Å²) in [7, 11) is 0. The quantitative estimate of drug-likeness (QED) is 0.812. The smallest absolute Gasteiger partial charge is 0.223 e. The highest BCUT2D eigenvalue weighted by Gasteiger charge is 2.27. The number of hydrogen-bond donors (Lipinski definition) is 2. The molecule has 100 valence electrons. The van der Waals surface area contributed by atoms with Crippen molar-refractivity contribution >= 4 is 30.1 Å². The fraction of sp³-hybridized carbons (Fsp3) is 0.917. The average Bonchev–Trinajstić information content (AvgIpc) is 2.30. The van der Waals surface area contributed by atoms with Crippen LogP contribution in [0.4, 0.5) is 0 Å². The molecular weight excluding hydrogens is 256 g/mol. The SMILES string of the molecule is Cl.NC1CCCC(C(=O)NC2CCSCC2)C1. The van der Waals surface area contributed by atoms with E-state index in [1.165, 1.54) is 11.5 Å². The lowest BCUT2D eigenvalue weighted by Crippen LogP contribution is -2.43. The Bertz CT molecular complexity index is 247. The van der Waals surface area contributed by atoms with Crippen LogP contribution < -0.4 is 11.1 Å². The summed E-state index contributed by atoms with van der Waals surface area (Å²) in [5.41, 5.74) is 5.91. The minimum atomic E-state index is 0. The first-order valence-electron chi connectivity index (χ1n) is 6.39. The number of rotatable bonds is 2. The zero-order chi connectivity index (χ0) is 11.4. The highest BCUT2D eigenvalue weighted by Crippen LogP contribution is 2.24. The van der Waals surface area contributed by atoms with E-state index in [2.05, 4.69) is 5.32 Å². The lowest BCUT2D eigenvalue weighted by Gasteiger charge is -2.29. The molecule has 5 heteroatoms. The molecule has 2 rings (SSSR count). The van der Waals surface area contributed by atoms with Crippen LogP contribution >= 0.6 is 24.2 Å². The van der Waals surface area contributed by atoms with E-state index in [1.807, 2.05) is 11.8 Å². The van der Waals surface area contributed by atoms with E-state index in [0.717, 1.165) is 38.5 Å². The van der Waals surface area contributed by atoms with Crippen molar-refractivity contribution in [3.8, 4) is 0 Å². The topological polar surface area (TPSA) is 55.1 Å². The molecule has 1 aliphatic carbocycles. The van der Waals surface area contributed by atoms with Gasteiger partial charge in [0.2, 0.25) is 5.91 Å². The number of nitrogens with one attached hydrogen (secondary N) is 1. The number of carbonyl (C=O) groups is 1. The van der Waals surface area contributed by atoms with Crippen LogP contribution in [0.1, 0.15) is 38.5 Å². The van der Waals surface area contributed by atoms with Crippen molar-refractivity contribution in [2.75, 3.05) is 11.5 Å². The van der Waals surface area contributed by atoms with Crippen LogP contribution in [0.25, 0.3) is 0 Å². The summed E-state index contributed by atoms with van der Waals surface area (Å²) in [6.07, 6.45) is 6.38. The number of hydrogen-bond acceptors (Lipinski definition) is 3. The van der Waals surface area contributed by atoms with Crippen molar-refractivity contribution in [1.82, 2.24) is 5.32 Å². The highest BCUT2D eigenvalue weighted by molar-refractivity contribution is 7.99. The summed E-state index contributed by atoms with van der Waals surface area (Å²) in [5, 5.41) is 3.20. The van der Waals surface area contributed by atoms with Crippen molar-refractivity contribution < 1.29 is 4.79 Å². The maximum absolute atomic E-state index is 12.0. The first-order chi connectivity index (χ1) is 7.75. The lowest BCUT2D eigenvalue weighted by molar-refractivity contribution is -0.126. The van der Waals surface area contributed by atoms with E-state index in [4.69, 9.17) is 5.73 Å². The van der Waals surface area contributed by atoms with Gasteiger partial charge in [-0.2, -0.15) is 11.8 Å². The van der Waals surface area contributed by atoms with E-state index in [9.17, 15) is 4.79 Å². The molecule has 17 heavy (non-hydrogen) atoms. The van der Waals surface area contributed by atoms with Crippen LogP contribution in [0, 0.1) is 5.92 Å². The fourth-order valence-electron chi connectivity index (χ4n) is 2.63. The molecule has 3 N–H and O–H groups in total. The third kappa shape index (κ3) is 4.68. The second-order valence-electron chi connectivity index (χ2n) is 5.02. The third-order valence-corrected chi connectivity index (χ3v) is 4.70. The van der Waals surface area contributed by atoms with E-state index >= 15 is 0 Å². The summed E-state index contributed by atoms with van der Waals surface area (Å²) in [4.78, 5) is 12.0. The van der Waals surface area contributed by atoms with Crippen molar-refractivity contribution in [2.24, 2.45) is 11.7 Å². The molecule has 1 saturated heterocycles. The van der Waals surface area contributed by atoms with Gasteiger partial charge in [-0.15, -0.1) is 12.4 Å². The molecule has 2 aliphatic rings. The van der Waals surface area contributed by atoms with E-state index in [1.54, 1.807) is 0 Å². The van der Waals surface area contributed by atoms with Crippen LogP contribution in [0.15, 0.2) is 0 Å². The Morgan fingerprint density at radius 3 is 2.53 bits per heavy atom. The Balaban J connectivity index is 0.00000144. The number of nitrogens with two attached hydrogens (primary N) is 1. The summed E-state index contributed by atoms with van der Waals surface area (Å²) in [5.74, 6) is 2.81. The molecule has 0 bridgehead atoms. The van der Waals surface area contributed by atoms with E-state index < -0.39 is 0 Å². The van der Waals surface area contributed by atoms with Crippen molar-refractivity contribution in [1.29, 1.82) is 0 Å². The Kier molecular flexibility index (Phi) is 6.67. The number of halogens is 1. The van der Waals surface area contributed by atoms with Crippen LogP contribution in [-0.4, -0.2) is 29.5 Å². The molecule has 2 atom stereocenters. The van der Waals surface area contributed by atoms with Crippen LogP contribution in [0.2, 0.25) is 0 Å². The molecular formula is C12H23ClN2OS. The first kappa shape index (κ1) is 15.1. The average molecular weight is 279 g/mol. The molecule has 0 aromatic carbocycles. The van der Waals surface area contributed by atoms with Gasteiger partial charge in [0.15, 0.2) is 0 Å². The molecule has 0 spiro atoms. The molecule has 2 fully saturated rings. The largest absolute Gasteiger partial charge is 0.353 e. The molecule has 3 nitrogen and oxygen atoms in total. The molecule has 2 unspecified atom stereocenters. The second kappa shape index (κ2) is 7.49. The lowest BCUT2D eigenvalue weighted by atomic mass is 9.85. The van der Waals surface area contributed by atoms with Gasteiger partial charge in [0.25, 0.3) is 0 Å². The highest BCUT2D eigenvalue weighted by atomic mass is 35.5. The molecule has 0 radical (unpaired) electrons. The normalized spacial score (nSPS) is 30.4. The number of thioether (sulfide) groups is 1. The second-order valence-corrected chi connectivity index (χ2v) is 6.24. The van der Waals surface area contributed by atoms with Crippen molar-refractivity contribution in [3.05, 3.63) is 0 Å². The molecule has 1 saturated carbocycles. The van der Waals surface area contributed by atoms with Gasteiger partial charge in [-0.05, 0) is 43.6 Å². The summed E-state index contributed by atoms with van der Waals surface area (Å²) in [6, 6.07) is 0.665. The monoisotopic (exact) mass is 278 g/mol. The Labute approximate surface area is 114 Å². The van der Waals surface area contributed by atoms with Gasteiger partial charge in [0.1, 0.15) is 0 Å². The maximum atomic E-state index is 12.0. The Morgan fingerprint density at radius 1 is 1.18 bits per heavy atom. The van der Waals surface area contributed by atoms with Gasteiger partial charge in [-0.1, -0.05) is 6.42 Å². The fourth-order valence-corrected chi connectivity index (χ4v) is 3.73. The minimum absolute atomic E-state index is 0. The Morgan fingerprint density at radius 2 is 1.88 bits per heavy atom. The van der Waals surface area contributed by atoms with Gasteiger partial charge in [0, 0.05) is 18.0 Å². The van der Waals surface area contributed by atoms with E-state index in [-0.39, 0.29) is 30.3 Å². The van der Waals surface area contributed by atoms with Crippen LogP contribution in [0.5, 0.6) is 0 Å². The standard InChI is InChI=1S/C12H22N2OS.ClH/c13-10-3-1-2-9(8-10)12(15)14-11-4-6-16-7-5-11;/h9-11H,1-8,13H2,(H,14,15);1H. The zero-order valence-corrected chi connectivity index (χ0v) is 11.8. The molecule has 1 heterocycles. The number of carbonyl (C=O) groups excluding carboxylic acids is 1. The van der Waals surface area contributed by atoms with Gasteiger partial charge in [-0.3, -0.25) is 4.79 Å². The predicted octanol–water partition coefficient (Wildman–Crippen LogP) is 1.94. The predicted molar refractivity (Wildman–Crippen MR) is 75.7 cm³/mol. The molecule has 1 amide bonds.